The van der Waals surface area contributed by atoms with Crippen LogP contribution < -0.4 is 47.5 Å². The van der Waals surface area contributed by atoms with E-state index in [1.165, 1.54) is 21.7 Å². The first-order chi connectivity index (χ1) is 64.8. The largest absolute Gasteiger partial charge is 0.497 e. The summed E-state index contributed by atoms with van der Waals surface area (Å²) in [6, 6.07) is 48.7. The fourth-order valence-electron chi connectivity index (χ4n) is 17.4. The molecular formula is C95H92N28O9S. The second kappa shape index (κ2) is 36.9. The van der Waals surface area contributed by atoms with Gasteiger partial charge in [0.15, 0.2) is 23.3 Å². The van der Waals surface area contributed by atoms with E-state index in [4.69, 9.17) is 70.4 Å². The number of anilines is 6. The monoisotopic (exact) mass is 1800 g/mol. The molecule has 38 heteroatoms. The average Bonchev–Trinajstić information content (AvgIpc) is 1.72. The summed E-state index contributed by atoms with van der Waals surface area (Å²) in [7, 11) is 0.101. The van der Waals surface area contributed by atoms with Crippen LogP contribution in [0.4, 0.5) is 35.4 Å². The van der Waals surface area contributed by atoms with Gasteiger partial charge in [0.05, 0.1) is 73.5 Å². The summed E-state index contributed by atoms with van der Waals surface area (Å²) in [5.41, 5.74) is 36.5. The molecule has 2 aliphatic heterocycles. The van der Waals surface area contributed by atoms with E-state index in [9.17, 15) is 13.2 Å². The molecule has 9 N–H and O–H groups in total. The topological polar surface area (TPSA) is 506 Å². The third-order valence-electron chi connectivity index (χ3n) is 25.8. The summed E-state index contributed by atoms with van der Waals surface area (Å²) >= 11 is 0. The lowest BCUT2D eigenvalue weighted by atomic mass is 9.64. The maximum absolute atomic E-state index is 11.8. The number of amides is 1. The van der Waals surface area contributed by atoms with Gasteiger partial charge in [0, 0.05) is 122 Å². The Labute approximate surface area is 763 Å². The molecule has 37 nitrogen and oxygen atoms in total. The van der Waals surface area contributed by atoms with Crippen molar-refractivity contribution < 1.29 is 40.8 Å². The summed E-state index contributed by atoms with van der Waals surface area (Å²) in [5, 5.41) is 20.2. The number of nitrogens with one attached hydrogen (secondary N) is 1. The quantitative estimate of drug-likeness (QED) is 0.0446. The summed E-state index contributed by atoms with van der Waals surface area (Å²) < 4.78 is 57.9. The number of methoxy groups -OCH3 is 2. The average molecular weight is 1800 g/mol. The molecule has 16 aromatic rings. The highest BCUT2D eigenvalue weighted by Gasteiger charge is 2.49. The maximum Gasteiger partial charge on any atom is 0.278 e. The first-order valence-corrected chi connectivity index (χ1v) is 45.4. The number of aromatic nitrogens is 20. The Morgan fingerprint density at radius 3 is 0.992 bits per heavy atom. The lowest BCUT2D eigenvalue weighted by Crippen LogP contribution is -2.48. The molecule has 22 rings (SSSR count). The van der Waals surface area contributed by atoms with Crippen LogP contribution in [0.5, 0.6) is 11.5 Å². The number of carbonyl (C=O) groups excluding carboxylic acids is 1. The van der Waals surface area contributed by atoms with E-state index < -0.39 is 10.0 Å². The molecule has 6 aromatic carbocycles. The number of piperazine rings is 2. The summed E-state index contributed by atoms with van der Waals surface area (Å²) in [6.45, 7) is 3.50. The molecule has 4 saturated carbocycles. The molecule has 2 saturated heterocycles. The van der Waals surface area contributed by atoms with Gasteiger partial charge in [0.25, 0.3) is 23.6 Å². The van der Waals surface area contributed by atoms with Crippen LogP contribution in [0.2, 0.25) is 0 Å². The third kappa shape index (κ3) is 18.0. The van der Waals surface area contributed by atoms with Gasteiger partial charge in [0.1, 0.15) is 34.5 Å². The smallest absolute Gasteiger partial charge is 0.278 e. The standard InChI is InChI=1S/C25H27N9O3S.C24H23N9O2.2C23H21N5O2/c1-38(35,36)34-11-9-33(10-12-34)21-16-27-20(15-28-21)22-31-23(32-37-22)25(7-2-8-25)19-5-3-17(4-6-19)18-13-29-24(26)30-14-18;25-23-29-10-16(11-30-23)15-2-4-17(5-3-15)24(6-1-7-24)22-31-21(35-32-22)18-12-28-19(13-27-18)33-9-8-26-20(34)14-33;1-29-19-9-5-16(6-10-19)20-27-21(28-30-20)23(11-2-12-23)18-7-3-15(4-8-18)17-13-25-22(24)26-14-17;1-29-19-5-2-4-16(12-19)20-27-21(28-30-20)23(10-3-11-23)18-8-6-15(7-9-18)17-13-25-22(24)26-14-17/h3-6,13-16H,2,7-12H2,1H3,(H2,26,29,30);2-5,10-13H,1,6-9,14H2,(H,26,34)(H2,25,29,30);3-10,13-14H,2,11-12H2,1H3,(H2,24,25,26);2,4-9,12-14H,3,10-11H2,1H3,(H2,24,25,26). The molecular weight excluding hydrogens is 1710 g/mol. The highest BCUT2D eigenvalue weighted by molar-refractivity contribution is 7.88. The number of hydrogen-bond acceptors (Lipinski definition) is 35. The van der Waals surface area contributed by atoms with Crippen molar-refractivity contribution in [2.75, 3.05) is 99.0 Å². The van der Waals surface area contributed by atoms with Crippen molar-refractivity contribution in [2.24, 2.45) is 0 Å². The first-order valence-electron chi connectivity index (χ1n) is 43.5. The molecule has 4 aliphatic carbocycles. The number of carbonyl (C=O) groups is 1. The van der Waals surface area contributed by atoms with E-state index >= 15 is 0 Å². The third-order valence-corrected chi connectivity index (χ3v) is 27.1. The zero-order valence-electron chi connectivity index (χ0n) is 72.9. The molecule has 1 amide bonds. The van der Waals surface area contributed by atoms with Crippen LogP contribution in [-0.2, 0) is 36.5 Å². The fraction of sp³-hybridized carbons (Fsp3) is 0.274. The predicted molar refractivity (Wildman–Crippen MR) is 493 cm³/mol. The number of sulfonamides is 1. The maximum atomic E-state index is 11.8. The molecule has 0 spiro atoms. The van der Waals surface area contributed by atoms with Crippen LogP contribution in [0.1, 0.15) is 123 Å². The Kier molecular flexibility index (Phi) is 24.0. The van der Waals surface area contributed by atoms with Gasteiger partial charge in [0.2, 0.25) is 39.7 Å². The minimum absolute atomic E-state index is 0.0238. The van der Waals surface area contributed by atoms with Crippen LogP contribution in [0.3, 0.4) is 0 Å². The van der Waals surface area contributed by atoms with Crippen LogP contribution in [-0.4, -0.2) is 185 Å². The van der Waals surface area contributed by atoms with Crippen LogP contribution in [0, 0.1) is 0 Å². The highest BCUT2D eigenvalue weighted by atomic mass is 32.2. The Balaban J connectivity index is 0.000000115. The van der Waals surface area contributed by atoms with Crippen molar-refractivity contribution in [3.63, 3.8) is 0 Å². The van der Waals surface area contributed by atoms with Crippen LogP contribution >= 0.6 is 0 Å². The second-order valence-electron chi connectivity index (χ2n) is 33.5. The number of nitrogen functional groups attached to an aromatic ring is 4. The van der Waals surface area contributed by atoms with Gasteiger partial charge in [-0.1, -0.05) is 149 Å². The Morgan fingerprint density at radius 1 is 0.346 bits per heavy atom. The van der Waals surface area contributed by atoms with E-state index in [1.807, 2.05) is 70.5 Å². The molecule has 6 fully saturated rings. The summed E-state index contributed by atoms with van der Waals surface area (Å²) in [5.74, 6) is 8.35. The van der Waals surface area contributed by atoms with Gasteiger partial charge in [-0.3, -0.25) is 4.79 Å². The van der Waals surface area contributed by atoms with Gasteiger partial charge >= 0.3 is 0 Å². The van der Waals surface area contributed by atoms with Crippen LogP contribution in [0.15, 0.2) is 238 Å². The van der Waals surface area contributed by atoms with E-state index in [2.05, 4.69) is 171 Å². The Hall–Kier alpha value is -15.9. The van der Waals surface area contributed by atoms with Gasteiger partial charge < -0.3 is 65.6 Å². The van der Waals surface area contributed by atoms with Crippen molar-refractivity contribution in [3.8, 4) is 102 Å². The van der Waals surface area contributed by atoms with Crippen molar-refractivity contribution in [3.05, 3.63) is 266 Å². The molecule has 0 unspecified atom stereocenters. The zero-order valence-corrected chi connectivity index (χ0v) is 73.7. The van der Waals surface area contributed by atoms with Crippen molar-refractivity contribution in [1.82, 2.24) is 110 Å². The van der Waals surface area contributed by atoms with Gasteiger partial charge in [-0.05, 0) is 138 Å². The number of nitrogens with two attached hydrogens (primary N) is 4. The molecule has 6 aliphatic rings. The molecule has 0 radical (unpaired) electrons. The van der Waals surface area contributed by atoms with Crippen LogP contribution in [0.25, 0.3) is 90.6 Å². The molecule has 10 aromatic heterocycles. The van der Waals surface area contributed by atoms with Gasteiger partial charge in [-0.15, -0.1) is 0 Å². The van der Waals surface area contributed by atoms with Crippen molar-refractivity contribution in [1.29, 1.82) is 0 Å². The first kappa shape index (κ1) is 86.5. The molecule has 133 heavy (non-hydrogen) atoms. The van der Waals surface area contributed by atoms with E-state index in [0.717, 1.165) is 167 Å². The number of rotatable bonds is 21. The lowest BCUT2D eigenvalue weighted by Gasteiger charge is -2.39. The van der Waals surface area contributed by atoms with Gasteiger partial charge in [-0.25, -0.2) is 68.2 Å². The van der Waals surface area contributed by atoms with E-state index in [-0.39, 0.29) is 57.9 Å². The molecule has 0 atom stereocenters. The highest BCUT2D eigenvalue weighted by Crippen LogP contribution is 2.53. The number of benzene rings is 6. The normalized spacial score (nSPS) is 16.2. The van der Waals surface area contributed by atoms with Crippen molar-refractivity contribution in [2.45, 2.75) is 98.7 Å². The minimum atomic E-state index is -3.18. The molecule has 0 bridgehead atoms. The molecule has 12 heterocycles. The Morgan fingerprint density at radius 2 is 0.677 bits per heavy atom. The predicted octanol–water partition coefficient (Wildman–Crippen LogP) is 12.6. The van der Waals surface area contributed by atoms with E-state index in [1.54, 1.807) is 88.6 Å². The summed E-state index contributed by atoms with van der Waals surface area (Å²) in [4.78, 5) is 85.0. The zero-order chi connectivity index (χ0) is 91.3. The van der Waals surface area contributed by atoms with Crippen molar-refractivity contribution >= 4 is 51.4 Å². The lowest BCUT2D eigenvalue weighted by molar-refractivity contribution is -0.120. The fourth-order valence-corrected chi connectivity index (χ4v) is 18.3. The van der Waals surface area contributed by atoms with E-state index in [0.29, 0.717) is 97.5 Å². The van der Waals surface area contributed by atoms with Gasteiger partial charge in [-0.2, -0.15) is 24.2 Å². The summed E-state index contributed by atoms with van der Waals surface area (Å²) in [6.07, 6.45) is 33.7. The molecule has 672 valence electrons. The number of hydrogen-bond donors (Lipinski definition) is 5. The Bertz CT molecular complexity index is 6840. The second-order valence-corrected chi connectivity index (χ2v) is 35.4. The number of nitrogens with zero attached hydrogens (tertiary/aromatic N) is 23. The SMILES string of the molecule is COc1ccc(-c2nc(C3(c4ccc(-c5cnc(N)nc5)cc4)CCC3)no2)cc1.COc1cccc(-c2nc(C3(c4ccc(-c5cnc(N)nc5)cc4)CCC3)no2)c1.CS(=O)(=O)N1CCN(c2cnc(-c3nc(C4(c5ccc(-c6cnc(N)nc6)cc5)CCC4)no3)cn2)CC1.Nc1ncc(-c2ccc(C3(c4noc(-c5cnc(N6CCNC(=O)C6)cn5)n4)CCC3)cc2)cn1. The number of ether oxygens (including phenoxy) is 2. The minimum Gasteiger partial charge on any atom is -0.497 e.